The smallest absolute Gasteiger partial charge is 0.416 e. The predicted molar refractivity (Wildman–Crippen MR) is 131 cm³/mol. The van der Waals surface area contributed by atoms with Crippen molar-refractivity contribution in [1.29, 1.82) is 0 Å². The highest BCUT2D eigenvalue weighted by Crippen LogP contribution is 2.36. The molecule has 0 aliphatic rings. The first kappa shape index (κ1) is 24.2. The first-order valence-corrected chi connectivity index (χ1v) is 12.2. The van der Waals surface area contributed by atoms with Gasteiger partial charge in [-0.1, -0.05) is 24.3 Å². The van der Waals surface area contributed by atoms with Crippen molar-refractivity contribution in [3.63, 3.8) is 0 Å². The second-order valence-electron chi connectivity index (χ2n) is 7.73. The van der Waals surface area contributed by atoms with E-state index >= 15 is 0 Å². The highest BCUT2D eigenvalue weighted by atomic mass is 32.2. The fourth-order valence-electron chi connectivity index (χ4n) is 3.36. The average Bonchev–Trinajstić information content (AvgIpc) is 3.22. The molecule has 4 rings (SSSR count). The van der Waals surface area contributed by atoms with Crippen LogP contribution in [0.1, 0.15) is 27.3 Å². The molecule has 0 aliphatic heterocycles. The molecule has 1 heterocycles. The number of hydrogen-bond donors (Lipinski definition) is 1. The second-order valence-corrected chi connectivity index (χ2v) is 9.86. The van der Waals surface area contributed by atoms with Gasteiger partial charge < -0.3 is 9.84 Å². The van der Waals surface area contributed by atoms with E-state index in [1.54, 1.807) is 24.9 Å². The molecular weight excluding hydrogens is 479 g/mol. The van der Waals surface area contributed by atoms with Gasteiger partial charge in [0.15, 0.2) is 0 Å². The first-order chi connectivity index (χ1) is 16.2. The monoisotopic (exact) mass is 501 g/mol. The number of aromatic nitrogens is 1. The average molecular weight is 502 g/mol. The fraction of sp³-hybridized carbons (Fsp3) is 0.192. The maximum atomic E-state index is 13.0. The molecule has 0 fully saturated rings. The van der Waals surface area contributed by atoms with Gasteiger partial charge in [-0.05, 0) is 60.5 Å². The van der Waals surface area contributed by atoms with E-state index in [0.29, 0.717) is 22.7 Å². The number of hydrogen-bond acceptors (Lipinski definition) is 5. The van der Waals surface area contributed by atoms with Gasteiger partial charge in [0.25, 0.3) is 0 Å². The minimum Gasteiger partial charge on any atom is -0.508 e. The van der Waals surface area contributed by atoms with Crippen molar-refractivity contribution in [3.05, 3.63) is 94.0 Å². The van der Waals surface area contributed by atoms with Crippen molar-refractivity contribution in [3.8, 4) is 22.1 Å². The number of alkyl halides is 3. The van der Waals surface area contributed by atoms with Crippen LogP contribution in [0.5, 0.6) is 11.5 Å². The lowest BCUT2D eigenvalue weighted by Crippen LogP contribution is -2.03. The van der Waals surface area contributed by atoms with Gasteiger partial charge in [0.05, 0.1) is 18.4 Å². The number of rotatable bonds is 7. The number of aryl methyl sites for hydroxylation is 1. The number of thiazole rings is 1. The number of nitrogens with zero attached hydrogens (tertiary/aromatic N) is 1. The molecule has 0 radical (unpaired) electrons. The van der Waals surface area contributed by atoms with E-state index < -0.39 is 11.7 Å². The third kappa shape index (κ3) is 5.74. The van der Waals surface area contributed by atoms with Crippen LogP contribution in [0.4, 0.5) is 13.2 Å². The fourth-order valence-corrected chi connectivity index (χ4v) is 5.54. The Bertz CT molecular complexity index is 1270. The zero-order valence-electron chi connectivity index (χ0n) is 18.5. The SMILES string of the molecule is COc1ccc(Cc2nc(-c3ccc(C(F)(F)F)cc3)sc2CSc2ccc(O)c(C)c2)cc1. The summed E-state index contributed by atoms with van der Waals surface area (Å²) in [4.78, 5) is 6.89. The molecule has 1 N–H and O–H groups in total. The van der Waals surface area contributed by atoms with Gasteiger partial charge in [-0.25, -0.2) is 4.98 Å². The highest BCUT2D eigenvalue weighted by molar-refractivity contribution is 7.98. The second kappa shape index (κ2) is 10.1. The minimum atomic E-state index is -4.37. The Kier molecular flexibility index (Phi) is 7.19. The summed E-state index contributed by atoms with van der Waals surface area (Å²) in [5.74, 6) is 1.69. The van der Waals surface area contributed by atoms with Crippen LogP contribution >= 0.6 is 23.1 Å². The van der Waals surface area contributed by atoms with Crippen LogP contribution in [0.25, 0.3) is 10.6 Å². The summed E-state index contributed by atoms with van der Waals surface area (Å²) in [6.45, 7) is 1.85. The van der Waals surface area contributed by atoms with E-state index in [0.717, 1.165) is 44.5 Å². The first-order valence-electron chi connectivity index (χ1n) is 10.4. The molecule has 0 amide bonds. The summed E-state index contributed by atoms with van der Waals surface area (Å²) in [5, 5.41) is 10.5. The van der Waals surface area contributed by atoms with Crippen LogP contribution in [-0.4, -0.2) is 17.2 Å². The van der Waals surface area contributed by atoms with Crippen molar-refractivity contribution in [1.82, 2.24) is 4.98 Å². The number of ether oxygens (including phenoxy) is 1. The zero-order valence-corrected chi connectivity index (χ0v) is 20.2. The zero-order chi connectivity index (χ0) is 24.3. The van der Waals surface area contributed by atoms with Crippen molar-refractivity contribution in [2.45, 2.75) is 30.2 Å². The van der Waals surface area contributed by atoms with Crippen LogP contribution in [0.3, 0.4) is 0 Å². The molecule has 0 aliphatic carbocycles. The lowest BCUT2D eigenvalue weighted by atomic mass is 10.1. The number of phenolic OH excluding ortho intramolecular Hbond substituents is 1. The molecule has 0 saturated heterocycles. The van der Waals surface area contributed by atoms with E-state index in [-0.39, 0.29) is 5.75 Å². The summed E-state index contributed by atoms with van der Waals surface area (Å²) >= 11 is 3.12. The maximum Gasteiger partial charge on any atom is 0.416 e. The molecule has 0 bridgehead atoms. The van der Waals surface area contributed by atoms with Gasteiger partial charge in [0, 0.05) is 27.5 Å². The Morgan fingerprint density at radius 3 is 2.32 bits per heavy atom. The standard InChI is InChI=1S/C26H22F3NO2S2/c1-16-13-21(11-12-23(16)31)33-15-24-22(14-17-3-9-20(32-2)10-4-17)30-25(34-24)18-5-7-19(8-6-18)26(27,28)29/h3-13,31H,14-15H2,1-2H3. The lowest BCUT2D eigenvalue weighted by molar-refractivity contribution is -0.137. The van der Waals surface area contributed by atoms with E-state index in [2.05, 4.69) is 0 Å². The van der Waals surface area contributed by atoms with Gasteiger partial charge in [-0.3, -0.25) is 0 Å². The maximum absolute atomic E-state index is 13.0. The largest absolute Gasteiger partial charge is 0.508 e. The quantitative estimate of drug-likeness (QED) is 0.263. The summed E-state index contributed by atoms with van der Waals surface area (Å²) in [5.41, 5.74) is 2.75. The molecule has 176 valence electrons. The summed E-state index contributed by atoms with van der Waals surface area (Å²) < 4.78 is 44.1. The van der Waals surface area contributed by atoms with E-state index in [1.807, 2.05) is 43.3 Å². The molecule has 0 spiro atoms. The Labute approximate surface area is 204 Å². The van der Waals surface area contributed by atoms with Gasteiger partial charge in [-0.15, -0.1) is 23.1 Å². The van der Waals surface area contributed by atoms with Gasteiger partial charge >= 0.3 is 6.18 Å². The number of methoxy groups -OCH3 is 1. The summed E-state index contributed by atoms with van der Waals surface area (Å²) in [6, 6.07) is 18.4. The number of aromatic hydroxyl groups is 1. The molecule has 34 heavy (non-hydrogen) atoms. The lowest BCUT2D eigenvalue weighted by Gasteiger charge is -2.06. The molecular formula is C26H22F3NO2S2. The molecule has 0 unspecified atom stereocenters. The van der Waals surface area contributed by atoms with Crippen LogP contribution in [-0.2, 0) is 18.3 Å². The minimum absolute atomic E-state index is 0.256. The van der Waals surface area contributed by atoms with Crippen molar-refractivity contribution in [2.24, 2.45) is 0 Å². The number of phenols is 1. The topological polar surface area (TPSA) is 42.4 Å². The van der Waals surface area contributed by atoms with Crippen molar-refractivity contribution >= 4 is 23.1 Å². The Balaban J connectivity index is 1.62. The molecule has 0 saturated carbocycles. The van der Waals surface area contributed by atoms with E-state index in [9.17, 15) is 18.3 Å². The van der Waals surface area contributed by atoms with Crippen LogP contribution < -0.4 is 4.74 Å². The Hall–Kier alpha value is -2.97. The normalized spacial score (nSPS) is 11.6. The summed E-state index contributed by atoms with van der Waals surface area (Å²) in [6.07, 6.45) is -3.77. The third-order valence-electron chi connectivity index (χ3n) is 5.31. The van der Waals surface area contributed by atoms with Gasteiger partial charge in [0.2, 0.25) is 0 Å². The predicted octanol–water partition coefficient (Wildman–Crippen LogP) is 7.73. The van der Waals surface area contributed by atoms with Gasteiger partial charge in [0.1, 0.15) is 16.5 Å². The Morgan fingerprint density at radius 1 is 1.00 bits per heavy atom. The molecule has 8 heteroatoms. The van der Waals surface area contributed by atoms with Crippen LogP contribution in [0.15, 0.2) is 71.6 Å². The summed E-state index contributed by atoms with van der Waals surface area (Å²) in [7, 11) is 1.62. The molecule has 3 nitrogen and oxygen atoms in total. The third-order valence-corrected chi connectivity index (χ3v) is 7.66. The number of thioether (sulfide) groups is 1. The van der Waals surface area contributed by atoms with Crippen molar-refractivity contribution < 1.29 is 23.0 Å². The number of benzene rings is 3. The number of halogens is 3. The van der Waals surface area contributed by atoms with E-state index in [4.69, 9.17) is 9.72 Å². The molecule has 1 aromatic heterocycles. The van der Waals surface area contributed by atoms with E-state index in [1.165, 1.54) is 23.5 Å². The van der Waals surface area contributed by atoms with Crippen LogP contribution in [0.2, 0.25) is 0 Å². The Morgan fingerprint density at radius 2 is 1.71 bits per heavy atom. The molecule has 3 aromatic carbocycles. The van der Waals surface area contributed by atoms with Gasteiger partial charge in [-0.2, -0.15) is 13.2 Å². The molecule has 0 atom stereocenters. The van der Waals surface area contributed by atoms with Crippen LogP contribution in [0, 0.1) is 6.92 Å². The molecule has 4 aromatic rings. The highest BCUT2D eigenvalue weighted by Gasteiger charge is 2.30. The van der Waals surface area contributed by atoms with Crippen molar-refractivity contribution in [2.75, 3.05) is 7.11 Å².